The van der Waals surface area contributed by atoms with Gasteiger partial charge < -0.3 is 4.42 Å². The van der Waals surface area contributed by atoms with E-state index in [0.29, 0.717) is 22.6 Å². The van der Waals surface area contributed by atoms with E-state index in [9.17, 15) is 18.0 Å². The molecule has 0 spiro atoms. The summed E-state index contributed by atoms with van der Waals surface area (Å²) >= 11 is 0. The van der Waals surface area contributed by atoms with Gasteiger partial charge in [0, 0.05) is 30.8 Å². The number of furan rings is 1. The molecule has 1 fully saturated rings. The molecule has 1 aliphatic rings. The number of sulfonamides is 1. The third kappa shape index (κ3) is 3.80. The van der Waals surface area contributed by atoms with Crippen molar-refractivity contribution in [1.29, 1.82) is 0 Å². The lowest BCUT2D eigenvalue weighted by Crippen LogP contribution is -2.28. The molecule has 2 aromatic heterocycles. The van der Waals surface area contributed by atoms with Crippen molar-refractivity contribution in [3.8, 4) is 11.3 Å². The Labute approximate surface area is 166 Å². The Balaban J connectivity index is 1.52. The number of imide groups is 1. The lowest BCUT2D eigenvalue weighted by atomic mass is 10.2. The minimum Gasteiger partial charge on any atom is -0.472 e. The van der Waals surface area contributed by atoms with Crippen molar-refractivity contribution in [3.05, 3.63) is 60.9 Å². The maximum Gasteiger partial charge on any atom is 0.240 e. The fourth-order valence-corrected chi connectivity index (χ4v) is 4.01. The summed E-state index contributed by atoms with van der Waals surface area (Å²) in [5.74, 6) is -0.587. The molecule has 9 nitrogen and oxygen atoms in total. The molecular formula is C19H16N4O5S. The topological polar surface area (TPSA) is 122 Å². The van der Waals surface area contributed by atoms with Crippen molar-refractivity contribution >= 4 is 27.5 Å². The lowest BCUT2D eigenvalue weighted by Gasteiger charge is -2.14. The highest BCUT2D eigenvalue weighted by atomic mass is 32.2. The van der Waals surface area contributed by atoms with Crippen LogP contribution < -0.4 is 9.62 Å². The second-order valence-electron chi connectivity index (χ2n) is 6.31. The van der Waals surface area contributed by atoms with Gasteiger partial charge >= 0.3 is 0 Å². The van der Waals surface area contributed by atoms with Crippen LogP contribution in [0.1, 0.15) is 18.5 Å². The molecule has 0 bridgehead atoms. The van der Waals surface area contributed by atoms with Gasteiger partial charge in [0.1, 0.15) is 0 Å². The van der Waals surface area contributed by atoms with Crippen molar-refractivity contribution in [2.45, 2.75) is 24.3 Å². The predicted octanol–water partition coefficient (Wildman–Crippen LogP) is 1.87. The zero-order valence-electron chi connectivity index (χ0n) is 15.1. The SMILES string of the molecule is O=C1CCC(=O)N1c1ccc(S(=O)(=O)NCc2nccnc2-c2ccoc2)cc1. The fourth-order valence-electron chi connectivity index (χ4n) is 3.02. The summed E-state index contributed by atoms with van der Waals surface area (Å²) in [6, 6.07) is 7.29. The van der Waals surface area contributed by atoms with Crippen LogP contribution >= 0.6 is 0 Å². The van der Waals surface area contributed by atoms with Gasteiger partial charge in [-0.15, -0.1) is 0 Å². The van der Waals surface area contributed by atoms with Crippen molar-refractivity contribution < 1.29 is 22.4 Å². The Bertz CT molecular complexity index is 1140. The number of carbonyl (C=O) groups excluding carboxylic acids is 2. The van der Waals surface area contributed by atoms with Gasteiger partial charge in [0.05, 0.1) is 41.0 Å². The third-order valence-electron chi connectivity index (χ3n) is 4.46. The highest BCUT2D eigenvalue weighted by Crippen LogP contribution is 2.24. The highest BCUT2D eigenvalue weighted by molar-refractivity contribution is 7.89. The van der Waals surface area contributed by atoms with Crippen LogP contribution in [0.4, 0.5) is 5.69 Å². The van der Waals surface area contributed by atoms with Gasteiger partial charge in [0.25, 0.3) is 0 Å². The number of anilines is 1. The summed E-state index contributed by atoms with van der Waals surface area (Å²) in [6.45, 7) is -0.0679. The zero-order chi connectivity index (χ0) is 20.4. The predicted molar refractivity (Wildman–Crippen MR) is 102 cm³/mol. The molecule has 1 saturated heterocycles. The number of benzene rings is 1. The minimum atomic E-state index is -3.84. The number of rotatable bonds is 6. The van der Waals surface area contributed by atoms with E-state index in [4.69, 9.17) is 4.42 Å². The highest BCUT2D eigenvalue weighted by Gasteiger charge is 2.30. The van der Waals surface area contributed by atoms with Crippen LogP contribution in [0, 0.1) is 0 Å². The van der Waals surface area contributed by atoms with Gasteiger partial charge in [0.15, 0.2) is 0 Å². The van der Waals surface area contributed by atoms with Crippen molar-refractivity contribution in [1.82, 2.24) is 14.7 Å². The first-order valence-corrected chi connectivity index (χ1v) is 10.2. The summed E-state index contributed by atoms with van der Waals surface area (Å²) < 4.78 is 32.8. The number of nitrogens with zero attached hydrogens (tertiary/aromatic N) is 3. The van der Waals surface area contributed by atoms with Crippen LogP contribution in [0.5, 0.6) is 0 Å². The molecule has 1 N–H and O–H groups in total. The van der Waals surface area contributed by atoms with Gasteiger partial charge in [-0.05, 0) is 30.3 Å². The van der Waals surface area contributed by atoms with Crippen molar-refractivity contribution in [3.63, 3.8) is 0 Å². The molecule has 0 atom stereocenters. The van der Waals surface area contributed by atoms with Crippen LogP contribution in [-0.2, 0) is 26.2 Å². The van der Waals surface area contributed by atoms with Gasteiger partial charge in [-0.2, -0.15) is 0 Å². The quantitative estimate of drug-likeness (QED) is 0.613. The van der Waals surface area contributed by atoms with Crippen LogP contribution in [0.3, 0.4) is 0 Å². The van der Waals surface area contributed by atoms with Crippen LogP contribution in [0.15, 0.2) is 64.6 Å². The second kappa shape index (κ2) is 7.57. The molecule has 0 aliphatic carbocycles. The van der Waals surface area contributed by atoms with Crippen LogP contribution in [-0.4, -0.2) is 30.2 Å². The molecule has 3 heterocycles. The first kappa shape index (κ1) is 19.0. The average Bonchev–Trinajstić information content (AvgIpc) is 3.37. The standard InChI is InChI=1S/C19H16N4O5S/c24-17-5-6-18(25)23(17)14-1-3-15(4-2-14)29(26,27)22-11-16-19(21-9-8-20-16)13-7-10-28-12-13/h1-4,7-10,12,22H,5-6,11H2. The number of carbonyl (C=O) groups is 2. The maximum absolute atomic E-state index is 12.6. The van der Waals surface area contributed by atoms with Gasteiger partial charge in [-0.1, -0.05) is 0 Å². The summed E-state index contributed by atoms with van der Waals surface area (Å²) in [4.78, 5) is 33.1. The first-order valence-electron chi connectivity index (χ1n) is 8.74. The molecule has 2 amide bonds. The van der Waals surface area contributed by atoms with E-state index in [1.165, 1.54) is 49.2 Å². The monoisotopic (exact) mass is 412 g/mol. The van der Waals surface area contributed by atoms with E-state index in [0.717, 1.165) is 4.90 Å². The number of aromatic nitrogens is 2. The molecule has 1 aliphatic heterocycles. The molecule has 29 heavy (non-hydrogen) atoms. The largest absolute Gasteiger partial charge is 0.472 e. The summed E-state index contributed by atoms with van der Waals surface area (Å²) in [7, 11) is -3.84. The van der Waals surface area contributed by atoms with E-state index in [1.807, 2.05) is 0 Å². The van der Waals surface area contributed by atoms with Crippen LogP contribution in [0.2, 0.25) is 0 Å². The molecule has 10 heteroatoms. The smallest absolute Gasteiger partial charge is 0.240 e. The Morgan fingerprint density at radius 3 is 2.34 bits per heavy atom. The normalized spacial score (nSPS) is 14.6. The molecule has 1 aromatic carbocycles. The molecule has 148 valence electrons. The molecule has 3 aromatic rings. The number of nitrogens with one attached hydrogen (secondary N) is 1. The Morgan fingerprint density at radius 2 is 1.69 bits per heavy atom. The average molecular weight is 412 g/mol. The second-order valence-corrected chi connectivity index (χ2v) is 8.07. The zero-order valence-corrected chi connectivity index (χ0v) is 15.9. The summed E-state index contributed by atoms with van der Waals surface area (Å²) in [5.41, 5.74) is 2.01. The van der Waals surface area contributed by atoms with E-state index in [1.54, 1.807) is 6.07 Å². The third-order valence-corrected chi connectivity index (χ3v) is 5.87. The van der Waals surface area contributed by atoms with Gasteiger partial charge in [0.2, 0.25) is 21.8 Å². The Kier molecular flexibility index (Phi) is 4.95. The number of amides is 2. The van der Waals surface area contributed by atoms with E-state index < -0.39 is 10.0 Å². The number of hydrogen-bond donors (Lipinski definition) is 1. The van der Waals surface area contributed by atoms with Crippen LogP contribution in [0.25, 0.3) is 11.3 Å². The lowest BCUT2D eigenvalue weighted by molar-refractivity contribution is -0.121. The van der Waals surface area contributed by atoms with E-state index >= 15 is 0 Å². The molecule has 0 radical (unpaired) electrons. The molecule has 0 unspecified atom stereocenters. The maximum atomic E-state index is 12.6. The molecule has 0 saturated carbocycles. The van der Waals surface area contributed by atoms with E-state index in [2.05, 4.69) is 14.7 Å². The summed E-state index contributed by atoms with van der Waals surface area (Å²) in [5, 5.41) is 0. The van der Waals surface area contributed by atoms with Crippen molar-refractivity contribution in [2.24, 2.45) is 0 Å². The summed E-state index contributed by atoms with van der Waals surface area (Å²) in [6.07, 6.45) is 6.32. The first-order chi connectivity index (χ1) is 14.0. The fraction of sp³-hybridized carbons (Fsp3) is 0.158. The van der Waals surface area contributed by atoms with E-state index in [-0.39, 0.29) is 36.1 Å². The Hall–Kier alpha value is -3.37. The molecular weight excluding hydrogens is 396 g/mol. The minimum absolute atomic E-state index is 0.00842. The molecule has 4 rings (SSSR count). The van der Waals surface area contributed by atoms with Crippen molar-refractivity contribution in [2.75, 3.05) is 4.90 Å². The Morgan fingerprint density at radius 1 is 1.00 bits per heavy atom. The van der Waals surface area contributed by atoms with Gasteiger partial charge in [-0.25, -0.2) is 13.1 Å². The van der Waals surface area contributed by atoms with Gasteiger partial charge in [-0.3, -0.25) is 24.5 Å². The number of hydrogen-bond acceptors (Lipinski definition) is 7.